The van der Waals surface area contributed by atoms with E-state index in [0.29, 0.717) is 5.02 Å². The molecule has 0 saturated heterocycles. The normalized spacial score (nSPS) is 11.5. The first kappa shape index (κ1) is 19.8. The van der Waals surface area contributed by atoms with Gasteiger partial charge in [-0.25, -0.2) is 0 Å². The van der Waals surface area contributed by atoms with Gasteiger partial charge >= 0.3 is 5.97 Å². The summed E-state index contributed by atoms with van der Waals surface area (Å²) in [5.41, 5.74) is 1.89. The molecule has 0 aliphatic heterocycles. The molecule has 0 heterocycles. The maximum atomic E-state index is 12.1. The van der Waals surface area contributed by atoms with Crippen LogP contribution in [0.15, 0.2) is 48.5 Å². The van der Waals surface area contributed by atoms with Gasteiger partial charge in [0, 0.05) is 11.9 Å². The molecule has 26 heavy (non-hydrogen) atoms. The Balaban J connectivity index is 1.82. The van der Waals surface area contributed by atoms with Crippen LogP contribution < -0.4 is 10.1 Å². The number of carbonyl (C=O) groups excluding carboxylic acids is 2. The van der Waals surface area contributed by atoms with Gasteiger partial charge in [0.05, 0.1) is 12.5 Å². The summed E-state index contributed by atoms with van der Waals surface area (Å²) >= 11 is 5.88. The molecule has 5 nitrogen and oxygen atoms in total. The maximum Gasteiger partial charge on any atom is 0.308 e. The number of nitrogens with one attached hydrogen (secondary N) is 1. The second-order valence-electron chi connectivity index (χ2n) is 5.89. The fourth-order valence-electron chi connectivity index (χ4n) is 2.44. The molecule has 2 rings (SSSR count). The Bertz CT molecular complexity index is 746. The van der Waals surface area contributed by atoms with E-state index in [1.807, 2.05) is 31.2 Å². The highest BCUT2D eigenvalue weighted by Crippen LogP contribution is 2.20. The predicted octanol–water partition coefficient (Wildman–Crippen LogP) is 3.84. The molecule has 0 aromatic heterocycles. The van der Waals surface area contributed by atoms with E-state index < -0.39 is 12.0 Å². The summed E-state index contributed by atoms with van der Waals surface area (Å²) in [7, 11) is 0. The minimum Gasteiger partial charge on any atom is -0.490 e. The smallest absolute Gasteiger partial charge is 0.308 e. The van der Waals surface area contributed by atoms with Crippen LogP contribution >= 0.6 is 11.6 Å². The molecule has 0 spiro atoms. The first-order valence-corrected chi connectivity index (χ1v) is 8.69. The zero-order valence-electron chi connectivity index (χ0n) is 14.8. The molecule has 0 bridgehead atoms. The Morgan fingerprint density at radius 1 is 1.12 bits per heavy atom. The molecular formula is C20H22ClNO4. The minimum absolute atomic E-state index is 0.0334. The molecule has 1 amide bonds. The molecule has 0 fully saturated rings. The van der Waals surface area contributed by atoms with Gasteiger partial charge in [-0.15, -0.1) is 0 Å². The number of aryl methyl sites for hydroxylation is 1. The number of ether oxygens (including phenoxy) is 2. The number of rotatable bonds is 8. The van der Waals surface area contributed by atoms with Gasteiger partial charge in [0.15, 0.2) is 0 Å². The molecule has 2 aromatic carbocycles. The second-order valence-corrected chi connectivity index (χ2v) is 6.33. The summed E-state index contributed by atoms with van der Waals surface area (Å²) in [5.74, 6) is 0.102. The van der Waals surface area contributed by atoms with Crippen LogP contribution in [-0.4, -0.2) is 25.1 Å². The Kier molecular flexibility index (Phi) is 7.48. The average molecular weight is 376 g/mol. The van der Waals surface area contributed by atoms with Crippen LogP contribution in [0.4, 0.5) is 0 Å². The quantitative estimate of drug-likeness (QED) is 0.562. The fraction of sp³-hybridized carbons (Fsp3) is 0.300. The number of hydrogen-bond donors (Lipinski definition) is 1. The van der Waals surface area contributed by atoms with E-state index in [1.165, 1.54) is 6.92 Å². The second kappa shape index (κ2) is 9.82. The fourth-order valence-corrected chi connectivity index (χ4v) is 2.56. The van der Waals surface area contributed by atoms with Crippen molar-refractivity contribution in [1.82, 2.24) is 5.32 Å². The number of halogens is 1. The maximum absolute atomic E-state index is 12.1. The highest BCUT2D eigenvalue weighted by Gasteiger charge is 2.18. The molecule has 0 saturated carbocycles. The molecule has 138 valence electrons. The van der Waals surface area contributed by atoms with E-state index in [1.54, 1.807) is 24.3 Å². The lowest BCUT2D eigenvalue weighted by molar-refractivity contribution is -0.145. The van der Waals surface area contributed by atoms with E-state index in [2.05, 4.69) is 5.32 Å². The van der Waals surface area contributed by atoms with Crippen LogP contribution in [0.2, 0.25) is 5.02 Å². The predicted molar refractivity (Wildman–Crippen MR) is 100 cm³/mol. The van der Waals surface area contributed by atoms with Crippen LogP contribution in [0.25, 0.3) is 0 Å². The summed E-state index contributed by atoms with van der Waals surface area (Å²) in [4.78, 5) is 23.5. The lowest BCUT2D eigenvalue weighted by Crippen LogP contribution is -2.29. The van der Waals surface area contributed by atoms with E-state index in [9.17, 15) is 9.59 Å². The largest absolute Gasteiger partial charge is 0.490 e. The monoisotopic (exact) mass is 375 g/mol. The highest BCUT2D eigenvalue weighted by atomic mass is 35.5. The first-order valence-electron chi connectivity index (χ1n) is 8.31. The number of carbonyl (C=O) groups is 2. The number of hydrogen-bond acceptors (Lipinski definition) is 4. The van der Waals surface area contributed by atoms with E-state index in [0.717, 1.165) is 16.9 Å². The Labute approximate surface area is 158 Å². The number of esters is 1. The molecule has 1 unspecified atom stereocenters. The van der Waals surface area contributed by atoms with Crippen molar-refractivity contribution in [3.63, 3.8) is 0 Å². The zero-order chi connectivity index (χ0) is 18.9. The van der Waals surface area contributed by atoms with Gasteiger partial charge in [-0.3, -0.25) is 9.59 Å². The molecule has 1 atom stereocenters. The Morgan fingerprint density at radius 2 is 1.85 bits per heavy atom. The summed E-state index contributed by atoms with van der Waals surface area (Å²) in [6.45, 7) is 3.79. The standard InChI is InChI=1S/C20H22ClNO4/c1-14-4-3-5-18(12-14)25-10-11-26-20(24)13-19(22-15(2)23)16-6-8-17(21)9-7-16/h3-9,12,19H,10-11,13H2,1-2H3,(H,22,23). The van der Waals surface area contributed by atoms with Crippen molar-refractivity contribution >= 4 is 23.5 Å². The number of benzene rings is 2. The van der Waals surface area contributed by atoms with Gasteiger partial charge < -0.3 is 14.8 Å². The van der Waals surface area contributed by atoms with E-state index in [4.69, 9.17) is 21.1 Å². The van der Waals surface area contributed by atoms with Crippen LogP contribution in [-0.2, 0) is 14.3 Å². The van der Waals surface area contributed by atoms with Crippen molar-refractivity contribution in [2.75, 3.05) is 13.2 Å². The van der Waals surface area contributed by atoms with Crippen molar-refractivity contribution in [3.05, 3.63) is 64.7 Å². The van der Waals surface area contributed by atoms with Crippen LogP contribution in [0.3, 0.4) is 0 Å². The molecule has 0 aliphatic carbocycles. The summed E-state index contributed by atoms with van der Waals surface area (Å²) in [5, 5.41) is 3.34. The molecule has 1 N–H and O–H groups in total. The minimum atomic E-state index is -0.463. The molecular weight excluding hydrogens is 354 g/mol. The van der Waals surface area contributed by atoms with Gasteiger partial charge in [0.2, 0.25) is 5.91 Å². The Hall–Kier alpha value is -2.53. The summed E-state index contributed by atoms with van der Waals surface area (Å²) in [6.07, 6.45) is 0.0334. The first-order chi connectivity index (χ1) is 12.4. The molecule has 2 aromatic rings. The highest BCUT2D eigenvalue weighted by molar-refractivity contribution is 6.30. The number of amides is 1. The third kappa shape index (κ3) is 6.76. The lowest BCUT2D eigenvalue weighted by Gasteiger charge is -2.18. The van der Waals surface area contributed by atoms with Crippen molar-refractivity contribution < 1.29 is 19.1 Å². The SMILES string of the molecule is CC(=O)NC(CC(=O)OCCOc1cccc(C)c1)c1ccc(Cl)cc1. The van der Waals surface area contributed by atoms with Crippen molar-refractivity contribution in [3.8, 4) is 5.75 Å². The third-order valence-electron chi connectivity index (χ3n) is 3.63. The van der Waals surface area contributed by atoms with Gasteiger partial charge in [-0.1, -0.05) is 35.9 Å². The topological polar surface area (TPSA) is 64.6 Å². The summed E-state index contributed by atoms with van der Waals surface area (Å²) < 4.78 is 10.8. The van der Waals surface area contributed by atoms with E-state index >= 15 is 0 Å². The van der Waals surface area contributed by atoms with E-state index in [-0.39, 0.29) is 25.5 Å². The van der Waals surface area contributed by atoms with Crippen molar-refractivity contribution in [2.45, 2.75) is 26.3 Å². The Morgan fingerprint density at radius 3 is 2.50 bits per heavy atom. The van der Waals surface area contributed by atoms with Gasteiger partial charge in [-0.05, 0) is 42.3 Å². The van der Waals surface area contributed by atoms with Gasteiger partial charge in [0.1, 0.15) is 19.0 Å². The van der Waals surface area contributed by atoms with Crippen molar-refractivity contribution in [2.24, 2.45) is 0 Å². The zero-order valence-corrected chi connectivity index (χ0v) is 15.6. The van der Waals surface area contributed by atoms with Gasteiger partial charge in [0.25, 0.3) is 0 Å². The summed E-state index contributed by atoms with van der Waals surface area (Å²) in [6, 6.07) is 14.2. The molecule has 0 radical (unpaired) electrons. The van der Waals surface area contributed by atoms with Gasteiger partial charge in [-0.2, -0.15) is 0 Å². The van der Waals surface area contributed by atoms with Crippen LogP contribution in [0.5, 0.6) is 5.75 Å². The van der Waals surface area contributed by atoms with Crippen molar-refractivity contribution in [1.29, 1.82) is 0 Å². The third-order valence-corrected chi connectivity index (χ3v) is 3.88. The molecule has 0 aliphatic rings. The molecule has 6 heteroatoms. The van der Waals surface area contributed by atoms with Crippen LogP contribution in [0, 0.1) is 6.92 Å². The lowest BCUT2D eigenvalue weighted by atomic mass is 10.0. The average Bonchev–Trinajstić information content (AvgIpc) is 2.58. The van der Waals surface area contributed by atoms with Crippen LogP contribution in [0.1, 0.15) is 30.5 Å².